The zero-order valence-corrected chi connectivity index (χ0v) is 16.2. The van der Waals surface area contributed by atoms with Crippen LogP contribution in [0.4, 0.5) is 0 Å². The average Bonchev–Trinajstić information content (AvgIpc) is 2.65. The number of piperazine rings is 1. The lowest BCUT2D eigenvalue weighted by Crippen LogP contribution is -2.52. The van der Waals surface area contributed by atoms with Gasteiger partial charge in [-0.2, -0.15) is 4.31 Å². The molecule has 1 saturated heterocycles. The van der Waals surface area contributed by atoms with Gasteiger partial charge in [-0.3, -0.25) is 9.59 Å². The monoisotopic (exact) mass is 381 g/mol. The van der Waals surface area contributed by atoms with Crippen molar-refractivity contribution in [1.29, 1.82) is 0 Å². The number of benzene rings is 1. The van der Waals surface area contributed by atoms with Crippen LogP contribution in [0.15, 0.2) is 35.2 Å². The molecule has 2 rings (SSSR count). The molecular formula is C18H27N3O4S. The molecule has 0 saturated carbocycles. The van der Waals surface area contributed by atoms with Crippen molar-refractivity contribution in [2.45, 2.75) is 31.6 Å². The van der Waals surface area contributed by atoms with Crippen LogP contribution in [-0.4, -0.2) is 62.2 Å². The van der Waals surface area contributed by atoms with E-state index in [1.165, 1.54) is 4.31 Å². The second-order valence-electron chi connectivity index (χ2n) is 6.81. The van der Waals surface area contributed by atoms with E-state index in [4.69, 9.17) is 0 Å². The summed E-state index contributed by atoms with van der Waals surface area (Å²) >= 11 is 0. The number of nitrogens with one attached hydrogen (secondary N) is 1. The number of sulfonamides is 1. The SMILES string of the molecule is CC(C)CCC(=O)NCC(=O)N1CCN(S(=O)(=O)c2ccccc2)CC1. The Morgan fingerprint density at radius 1 is 1.08 bits per heavy atom. The van der Waals surface area contributed by atoms with E-state index in [9.17, 15) is 18.0 Å². The Morgan fingerprint density at radius 3 is 2.27 bits per heavy atom. The predicted molar refractivity (Wildman–Crippen MR) is 98.9 cm³/mol. The van der Waals surface area contributed by atoms with Gasteiger partial charge >= 0.3 is 0 Å². The summed E-state index contributed by atoms with van der Waals surface area (Å²) in [5.74, 6) is 0.132. The molecule has 0 unspecified atom stereocenters. The molecule has 1 aromatic carbocycles. The maximum absolute atomic E-state index is 12.6. The standard InChI is InChI=1S/C18H27N3O4S/c1-15(2)8-9-17(22)19-14-18(23)20-10-12-21(13-11-20)26(24,25)16-6-4-3-5-7-16/h3-7,15H,8-14H2,1-2H3,(H,19,22). The summed E-state index contributed by atoms with van der Waals surface area (Å²) in [7, 11) is -3.53. The minimum Gasteiger partial charge on any atom is -0.347 e. The van der Waals surface area contributed by atoms with Crippen LogP contribution in [0.3, 0.4) is 0 Å². The van der Waals surface area contributed by atoms with Gasteiger partial charge in [0.25, 0.3) is 0 Å². The van der Waals surface area contributed by atoms with Crippen molar-refractivity contribution in [3.05, 3.63) is 30.3 Å². The van der Waals surface area contributed by atoms with Crippen molar-refractivity contribution < 1.29 is 18.0 Å². The summed E-state index contributed by atoms with van der Waals surface area (Å²) < 4.78 is 26.5. The summed E-state index contributed by atoms with van der Waals surface area (Å²) in [5.41, 5.74) is 0. The van der Waals surface area contributed by atoms with E-state index in [0.717, 1.165) is 6.42 Å². The molecule has 1 aromatic rings. The molecule has 26 heavy (non-hydrogen) atoms. The third kappa shape index (κ3) is 5.54. The molecule has 8 heteroatoms. The van der Waals surface area contributed by atoms with Gasteiger partial charge < -0.3 is 10.2 Å². The molecule has 0 aromatic heterocycles. The van der Waals surface area contributed by atoms with E-state index in [0.29, 0.717) is 25.4 Å². The number of amides is 2. The second kappa shape index (κ2) is 9.14. The molecule has 0 radical (unpaired) electrons. The van der Waals surface area contributed by atoms with Crippen LogP contribution >= 0.6 is 0 Å². The molecule has 1 heterocycles. The van der Waals surface area contributed by atoms with Crippen molar-refractivity contribution in [2.24, 2.45) is 5.92 Å². The van der Waals surface area contributed by atoms with Crippen LogP contribution in [-0.2, 0) is 19.6 Å². The molecule has 0 aliphatic carbocycles. The highest BCUT2D eigenvalue weighted by molar-refractivity contribution is 7.89. The Hall–Kier alpha value is -1.93. The smallest absolute Gasteiger partial charge is 0.243 e. The van der Waals surface area contributed by atoms with Gasteiger partial charge in [0.15, 0.2) is 0 Å². The average molecular weight is 381 g/mol. The van der Waals surface area contributed by atoms with E-state index in [-0.39, 0.29) is 36.3 Å². The lowest BCUT2D eigenvalue weighted by Gasteiger charge is -2.34. The first-order valence-corrected chi connectivity index (χ1v) is 10.3. The summed E-state index contributed by atoms with van der Waals surface area (Å²) in [6, 6.07) is 8.29. The van der Waals surface area contributed by atoms with Crippen LogP contribution in [0, 0.1) is 5.92 Å². The van der Waals surface area contributed by atoms with Crippen LogP contribution < -0.4 is 5.32 Å². The van der Waals surface area contributed by atoms with Gasteiger partial charge in [0.2, 0.25) is 21.8 Å². The minimum atomic E-state index is -3.53. The zero-order valence-electron chi connectivity index (χ0n) is 15.3. The predicted octanol–water partition coefficient (Wildman–Crippen LogP) is 1.07. The van der Waals surface area contributed by atoms with Crippen LogP contribution in [0.25, 0.3) is 0 Å². The number of hydrogen-bond donors (Lipinski definition) is 1. The molecule has 0 atom stereocenters. The third-order valence-electron chi connectivity index (χ3n) is 4.36. The van der Waals surface area contributed by atoms with Crippen LogP contribution in [0.2, 0.25) is 0 Å². The van der Waals surface area contributed by atoms with Gasteiger partial charge in [-0.25, -0.2) is 8.42 Å². The van der Waals surface area contributed by atoms with Gasteiger partial charge in [0, 0.05) is 32.6 Å². The number of rotatable bonds is 7. The first kappa shape index (κ1) is 20.4. The fraction of sp³-hybridized carbons (Fsp3) is 0.556. The Kier molecular flexibility index (Phi) is 7.16. The molecular weight excluding hydrogens is 354 g/mol. The van der Waals surface area contributed by atoms with Crippen LogP contribution in [0.5, 0.6) is 0 Å². The second-order valence-corrected chi connectivity index (χ2v) is 8.75. The van der Waals surface area contributed by atoms with E-state index in [1.54, 1.807) is 35.2 Å². The lowest BCUT2D eigenvalue weighted by atomic mass is 10.1. The van der Waals surface area contributed by atoms with Gasteiger partial charge in [-0.05, 0) is 24.5 Å². The van der Waals surface area contributed by atoms with Gasteiger partial charge in [-0.1, -0.05) is 32.0 Å². The fourth-order valence-corrected chi connectivity index (χ4v) is 4.16. The summed E-state index contributed by atoms with van der Waals surface area (Å²) in [5, 5.41) is 2.64. The van der Waals surface area contributed by atoms with Crippen LogP contribution in [0.1, 0.15) is 26.7 Å². The molecule has 1 fully saturated rings. The molecule has 1 aliphatic rings. The molecule has 0 spiro atoms. The highest BCUT2D eigenvalue weighted by atomic mass is 32.2. The molecule has 144 valence electrons. The number of nitrogens with zero attached hydrogens (tertiary/aromatic N) is 2. The molecule has 7 nitrogen and oxygen atoms in total. The van der Waals surface area contributed by atoms with Gasteiger partial charge in [-0.15, -0.1) is 0 Å². The molecule has 2 amide bonds. The summed E-state index contributed by atoms with van der Waals surface area (Å²) in [4.78, 5) is 25.8. The van der Waals surface area contributed by atoms with Crippen molar-refractivity contribution >= 4 is 21.8 Å². The fourth-order valence-electron chi connectivity index (χ4n) is 2.71. The normalized spacial score (nSPS) is 15.9. The minimum absolute atomic E-state index is 0.0393. The Balaban J connectivity index is 1.81. The highest BCUT2D eigenvalue weighted by Crippen LogP contribution is 2.17. The van der Waals surface area contributed by atoms with E-state index in [1.807, 2.05) is 13.8 Å². The van der Waals surface area contributed by atoms with E-state index in [2.05, 4.69) is 5.32 Å². The van der Waals surface area contributed by atoms with E-state index >= 15 is 0 Å². The lowest BCUT2D eigenvalue weighted by molar-refractivity contribution is -0.133. The number of hydrogen-bond acceptors (Lipinski definition) is 4. The largest absolute Gasteiger partial charge is 0.347 e. The molecule has 1 N–H and O–H groups in total. The molecule has 1 aliphatic heterocycles. The van der Waals surface area contributed by atoms with Crippen molar-refractivity contribution in [3.8, 4) is 0 Å². The first-order chi connectivity index (χ1) is 12.3. The zero-order chi connectivity index (χ0) is 19.2. The van der Waals surface area contributed by atoms with E-state index < -0.39 is 10.0 Å². The van der Waals surface area contributed by atoms with Crippen molar-refractivity contribution in [2.75, 3.05) is 32.7 Å². The quantitative estimate of drug-likeness (QED) is 0.765. The first-order valence-electron chi connectivity index (χ1n) is 8.90. The highest BCUT2D eigenvalue weighted by Gasteiger charge is 2.29. The topological polar surface area (TPSA) is 86.8 Å². The summed E-state index contributed by atoms with van der Waals surface area (Å²) in [6.45, 7) is 5.21. The maximum Gasteiger partial charge on any atom is 0.243 e. The van der Waals surface area contributed by atoms with Gasteiger partial charge in [0.05, 0.1) is 11.4 Å². The van der Waals surface area contributed by atoms with Crippen molar-refractivity contribution in [3.63, 3.8) is 0 Å². The summed E-state index contributed by atoms with van der Waals surface area (Å²) in [6.07, 6.45) is 1.20. The number of carbonyl (C=O) groups is 2. The Labute approximate surface area is 155 Å². The molecule has 0 bridgehead atoms. The third-order valence-corrected chi connectivity index (χ3v) is 6.27. The Bertz CT molecular complexity index is 711. The van der Waals surface area contributed by atoms with Gasteiger partial charge in [0.1, 0.15) is 0 Å². The maximum atomic E-state index is 12.6. The number of carbonyl (C=O) groups excluding carboxylic acids is 2. The van der Waals surface area contributed by atoms with Crippen molar-refractivity contribution in [1.82, 2.24) is 14.5 Å². The Morgan fingerprint density at radius 2 is 1.69 bits per heavy atom.